The maximum Gasteiger partial charge on any atom is 0.328 e. The fourth-order valence-corrected chi connectivity index (χ4v) is 5.48. The van der Waals surface area contributed by atoms with Gasteiger partial charge in [0.25, 0.3) is 0 Å². The van der Waals surface area contributed by atoms with Crippen LogP contribution in [0.5, 0.6) is 0 Å². The molecule has 45 heavy (non-hydrogen) atoms. The first-order valence-electron chi connectivity index (χ1n) is 18.4. The fourth-order valence-electron chi connectivity index (χ4n) is 5.48. The van der Waals surface area contributed by atoms with Crippen LogP contribution in [-0.4, -0.2) is 59.3 Å². The Labute approximate surface area is 274 Å². The van der Waals surface area contributed by atoms with Gasteiger partial charge >= 0.3 is 11.9 Å². The lowest BCUT2D eigenvalue weighted by Gasteiger charge is -2.18. The van der Waals surface area contributed by atoms with Crippen LogP contribution in [0.25, 0.3) is 0 Å². The number of aliphatic carboxylic acids is 1. The van der Waals surface area contributed by atoms with E-state index in [0.29, 0.717) is 19.3 Å². The third kappa shape index (κ3) is 29.0. The quantitative estimate of drug-likeness (QED) is 0.0424. The van der Waals surface area contributed by atoms with E-state index in [2.05, 4.69) is 24.5 Å². The molecule has 0 aromatic heterocycles. The third-order valence-electron chi connectivity index (χ3n) is 8.35. The van der Waals surface area contributed by atoms with Crippen LogP contribution in [0.3, 0.4) is 0 Å². The van der Waals surface area contributed by atoms with E-state index in [1.54, 1.807) is 0 Å². The number of carbonyl (C=O) groups excluding carboxylic acids is 3. The average molecular weight is 641 g/mol. The van der Waals surface area contributed by atoms with Gasteiger partial charge in [-0.05, 0) is 38.5 Å². The van der Waals surface area contributed by atoms with Crippen LogP contribution in [0.15, 0.2) is 0 Å². The summed E-state index contributed by atoms with van der Waals surface area (Å²) in [5.74, 6) is -2.29. The van der Waals surface area contributed by atoms with E-state index < -0.39 is 24.5 Å². The zero-order chi connectivity index (χ0) is 33.4. The molecule has 2 atom stereocenters. The molecule has 0 radical (unpaired) electrons. The topological polar surface area (TPSA) is 142 Å². The predicted molar refractivity (Wildman–Crippen MR) is 181 cm³/mol. The van der Waals surface area contributed by atoms with Crippen molar-refractivity contribution in [3.63, 3.8) is 0 Å². The van der Waals surface area contributed by atoms with Gasteiger partial charge in [0.15, 0.2) is 0 Å². The maximum absolute atomic E-state index is 12.6. The predicted octanol–water partition coefficient (Wildman–Crippen LogP) is 7.76. The van der Waals surface area contributed by atoms with Gasteiger partial charge in [0.05, 0.1) is 13.2 Å². The van der Waals surface area contributed by atoms with Gasteiger partial charge in [-0.25, -0.2) is 4.79 Å². The Kier molecular flexibility index (Phi) is 30.3. The molecule has 4 N–H and O–H groups in total. The normalized spacial score (nSPS) is 12.4. The molecule has 0 aliphatic rings. The highest BCUT2D eigenvalue weighted by molar-refractivity contribution is 5.87. The van der Waals surface area contributed by atoms with Crippen molar-refractivity contribution in [1.29, 1.82) is 0 Å². The number of nitrogens with one attached hydrogen (secondary N) is 2. The van der Waals surface area contributed by atoms with Gasteiger partial charge in [0, 0.05) is 12.8 Å². The summed E-state index contributed by atoms with van der Waals surface area (Å²) in [6.45, 7) is 3.45. The molecule has 0 heterocycles. The second-order valence-electron chi connectivity index (χ2n) is 12.7. The Morgan fingerprint density at radius 2 is 1.00 bits per heavy atom. The van der Waals surface area contributed by atoms with Crippen molar-refractivity contribution in [2.24, 2.45) is 0 Å². The van der Waals surface area contributed by atoms with Crippen molar-refractivity contribution in [3.8, 4) is 0 Å². The molecule has 0 spiro atoms. The number of hydrogen-bond acceptors (Lipinski definition) is 6. The minimum Gasteiger partial charge on any atom is -0.480 e. The van der Waals surface area contributed by atoms with Crippen molar-refractivity contribution in [3.05, 3.63) is 0 Å². The molecule has 0 rings (SSSR count). The first-order chi connectivity index (χ1) is 21.8. The van der Waals surface area contributed by atoms with E-state index in [1.165, 1.54) is 89.9 Å². The lowest BCUT2D eigenvalue weighted by Crippen LogP contribution is -2.47. The number of ether oxygens (including phenoxy) is 1. The van der Waals surface area contributed by atoms with Gasteiger partial charge in [-0.3, -0.25) is 14.4 Å². The lowest BCUT2D eigenvalue weighted by atomic mass is 10.0. The van der Waals surface area contributed by atoms with Crippen LogP contribution >= 0.6 is 0 Å². The molecule has 0 aromatic rings. The van der Waals surface area contributed by atoms with Crippen molar-refractivity contribution in [1.82, 2.24) is 10.6 Å². The summed E-state index contributed by atoms with van der Waals surface area (Å²) in [7, 11) is 0. The summed E-state index contributed by atoms with van der Waals surface area (Å²) in [6.07, 6.45) is 28.5. The standard InChI is InChI=1S/C36H68N2O7/c1-3-5-7-9-11-12-13-14-15-20-24-28-35(42)45-31(25-21-17-10-8-6-4-2)26-22-18-16-19-23-27-33(40)37-29-34(41)38-32(30-39)36(43)44/h31-32,39H,3-30H2,1-2H3,(H,37,40)(H,38,41)(H,43,44). The second-order valence-corrected chi connectivity index (χ2v) is 12.7. The van der Waals surface area contributed by atoms with Gasteiger partial charge in [-0.2, -0.15) is 0 Å². The van der Waals surface area contributed by atoms with Crippen LogP contribution < -0.4 is 10.6 Å². The van der Waals surface area contributed by atoms with Crippen LogP contribution in [0.4, 0.5) is 0 Å². The minimum atomic E-state index is -1.38. The van der Waals surface area contributed by atoms with Gasteiger partial charge in [-0.15, -0.1) is 0 Å². The first kappa shape index (κ1) is 42.8. The number of aliphatic hydroxyl groups excluding tert-OH is 1. The van der Waals surface area contributed by atoms with E-state index in [1.807, 2.05) is 0 Å². The van der Waals surface area contributed by atoms with E-state index in [0.717, 1.165) is 57.8 Å². The Bertz CT molecular complexity index is 747. The van der Waals surface area contributed by atoms with Crippen molar-refractivity contribution >= 4 is 23.8 Å². The van der Waals surface area contributed by atoms with Gasteiger partial charge in [-0.1, -0.05) is 129 Å². The molecule has 0 fully saturated rings. The highest BCUT2D eigenvalue weighted by Gasteiger charge is 2.19. The summed E-state index contributed by atoms with van der Waals surface area (Å²) in [5.41, 5.74) is 0. The summed E-state index contributed by atoms with van der Waals surface area (Å²) in [6, 6.07) is -1.38. The molecular weight excluding hydrogens is 572 g/mol. The van der Waals surface area contributed by atoms with E-state index in [9.17, 15) is 19.2 Å². The van der Waals surface area contributed by atoms with Crippen molar-refractivity contribution in [2.75, 3.05) is 13.2 Å². The zero-order valence-electron chi connectivity index (χ0n) is 28.9. The number of rotatable bonds is 33. The molecule has 0 aliphatic carbocycles. The Hall–Kier alpha value is -2.16. The van der Waals surface area contributed by atoms with E-state index in [4.69, 9.17) is 14.9 Å². The molecule has 0 aliphatic heterocycles. The number of carboxylic acid groups (broad SMARTS) is 1. The van der Waals surface area contributed by atoms with Crippen LogP contribution in [0.2, 0.25) is 0 Å². The number of carboxylic acids is 1. The van der Waals surface area contributed by atoms with Crippen molar-refractivity contribution in [2.45, 2.75) is 193 Å². The molecular formula is C36H68N2O7. The molecule has 0 saturated carbocycles. The molecule has 264 valence electrons. The molecule has 9 nitrogen and oxygen atoms in total. The van der Waals surface area contributed by atoms with Crippen molar-refractivity contribution < 1.29 is 34.1 Å². The maximum atomic E-state index is 12.6. The van der Waals surface area contributed by atoms with Gasteiger partial charge in [0.1, 0.15) is 12.1 Å². The minimum absolute atomic E-state index is 0.000125. The Morgan fingerprint density at radius 1 is 0.578 bits per heavy atom. The van der Waals surface area contributed by atoms with Gasteiger partial charge in [0.2, 0.25) is 11.8 Å². The molecule has 0 bridgehead atoms. The SMILES string of the molecule is CCCCCCCCCCCCCC(=O)OC(CCCCCCCC)CCCCCCCC(=O)NCC(=O)NC(CO)C(=O)O. The Morgan fingerprint density at radius 3 is 1.44 bits per heavy atom. The first-order valence-corrected chi connectivity index (χ1v) is 18.4. The third-order valence-corrected chi connectivity index (χ3v) is 8.35. The number of aliphatic hydroxyl groups is 1. The highest BCUT2D eigenvalue weighted by atomic mass is 16.5. The van der Waals surface area contributed by atoms with Crippen LogP contribution in [0, 0.1) is 0 Å². The number of hydrogen-bond donors (Lipinski definition) is 4. The summed E-state index contributed by atoms with van der Waals surface area (Å²) in [5, 5.41) is 22.4. The second kappa shape index (κ2) is 31.8. The number of carbonyl (C=O) groups is 4. The molecule has 0 aromatic carbocycles. The molecule has 9 heteroatoms. The Balaban J connectivity index is 4.14. The largest absolute Gasteiger partial charge is 0.480 e. The number of unbranched alkanes of at least 4 members (excludes halogenated alkanes) is 19. The number of amides is 2. The average Bonchev–Trinajstić information content (AvgIpc) is 3.02. The summed E-state index contributed by atoms with van der Waals surface area (Å²) >= 11 is 0. The fraction of sp³-hybridized carbons (Fsp3) is 0.889. The summed E-state index contributed by atoms with van der Waals surface area (Å²) in [4.78, 5) is 47.2. The molecule has 2 amide bonds. The molecule has 0 saturated heterocycles. The van der Waals surface area contributed by atoms with E-state index in [-0.39, 0.29) is 24.5 Å². The van der Waals surface area contributed by atoms with E-state index >= 15 is 0 Å². The monoisotopic (exact) mass is 641 g/mol. The number of esters is 1. The molecule has 2 unspecified atom stereocenters. The van der Waals surface area contributed by atoms with Gasteiger partial charge < -0.3 is 25.6 Å². The highest BCUT2D eigenvalue weighted by Crippen LogP contribution is 2.18. The van der Waals surface area contributed by atoms with Crippen LogP contribution in [-0.2, 0) is 23.9 Å². The smallest absolute Gasteiger partial charge is 0.328 e. The van der Waals surface area contributed by atoms with Crippen LogP contribution in [0.1, 0.15) is 181 Å². The summed E-state index contributed by atoms with van der Waals surface area (Å²) < 4.78 is 5.95. The zero-order valence-corrected chi connectivity index (χ0v) is 28.9. The lowest BCUT2D eigenvalue weighted by molar-refractivity contribution is -0.150.